The molecule has 0 N–H and O–H groups in total. The number of amides is 1. The fourth-order valence-corrected chi connectivity index (χ4v) is 4.33. The van der Waals surface area contributed by atoms with Crippen molar-refractivity contribution >= 4 is 22.7 Å². The van der Waals surface area contributed by atoms with E-state index in [1.54, 1.807) is 6.07 Å². The molecule has 1 aliphatic heterocycles. The van der Waals surface area contributed by atoms with Crippen LogP contribution in [0.4, 0.5) is 10.5 Å². The molecule has 0 radical (unpaired) electrons. The van der Waals surface area contributed by atoms with Crippen LogP contribution in [0, 0.1) is 16.0 Å². The van der Waals surface area contributed by atoms with Crippen molar-refractivity contribution in [1.82, 2.24) is 14.7 Å². The maximum Gasteiger partial charge on any atom is 0.410 e. The lowest BCUT2D eigenvalue weighted by Crippen LogP contribution is -2.43. The van der Waals surface area contributed by atoms with E-state index in [2.05, 4.69) is 5.10 Å². The zero-order valence-electron chi connectivity index (χ0n) is 16.4. The van der Waals surface area contributed by atoms with Crippen molar-refractivity contribution < 1.29 is 19.2 Å². The number of nitrogens with zero attached hydrogens (tertiary/aromatic N) is 4. The molecular weight excluding hydrogens is 364 g/mol. The van der Waals surface area contributed by atoms with E-state index < -0.39 is 10.5 Å². The first-order valence-corrected chi connectivity index (χ1v) is 9.37. The highest BCUT2D eigenvalue weighted by Gasteiger charge is 2.48. The number of carbonyl (C=O) groups is 1. The van der Waals surface area contributed by atoms with Gasteiger partial charge in [0.05, 0.1) is 23.6 Å². The number of likely N-dealkylation sites (tertiary alicyclic amines) is 1. The lowest BCUT2D eigenvalue weighted by molar-refractivity contribution is -0.385. The van der Waals surface area contributed by atoms with Gasteiger partial charge >= 0.3 is 11.8 Å². The summed E-state index contributed by atoms with van der Waals surface area (Å²) in [6.45, 7) is 6.24. The average Bonchev–Trinajstić information content (AvgIpc) is 3.31. The first-order chi connectivity index (χ1) is 13.2. The monoisotopic (exact) mass is 388 g/mol. The minimum absolute atomic E-state index is 0.0707. The molecule has 0 spiro atoms. The molecule has 2 aliphatic rings. The van der Waals surface area contributed by atoms with E-state index in [0.29, 0.717) is 23.4 Å². The second kappa shape index (κ2) is 6.35. The number of hydrogen-bond donors (Lipinski definition) is 0. The van der Waals surface area contributed by atoms with Crippen molar-refractivity contribution in [3.63, 3.8) is 0 Å². The summed E-state index contributed by atoms with van der Waals surface area (Å²) >= 11 is 0. The molecule has 1 aliphatic carbocycles. The van der Waals surface area contributed by atoms with E-state index in [9.17, 15) is 14.9 Å². The summed E-state index contributed by atoms with van der Waals surface area (Å²) in [5.41, 5.74) is 0.0824. The molecule has 0 unspecified atom stereocenters. The quantitative estimate of drug-likeness (QED) is 0.589. The van der Waals surface area contributed by atoms with Gasteiger partial charge in [0.25, 0.3) is 0 Å². The van der Waals surface area contributed by atoms with Crippen LogP contribution < -0.4 is 4.74 Å². The zero-order valence-corrected chi connectivity index (χ0v) is 16.4. The third kappa shape index (κ3) is 3.14. The number of benzene rings is 1. The van der Waals surface area contributed by atoms with Gasteiger partial charge < -0.3 is 14.4 Å². The largest absolute Gasteiger partial charge is 0.490 e. The van der Waals surface area contributed by atoms with E-state index in [1.807, 2.05) is 36.5 Å². The Labute approximate surface area is 162 Å². The highest BCUT2D eigenvalue weighted by atomic mass is 16.6. The minimum atomic E-state index is -0.508. The van der Waals surface area contributed by atoms with Gasteiger partial charge in [0.1, 0.15) is 5.60 Å². The zero-order chi connectivity index (χ0) is 20.2. The second-order valence-electron chi connectivity index (χ2n) is 8.53. The summed E-state index contributed by atoms with van der Waals surface area (Å²) in [6, 6.07) is 3.41. The van der Waals surface area contributed by atoms with Crippen LogP contribution in [0.5, 0.6) is 5.75 Å². The number of piperidine rings is 1. The number of rotatable bonds is 3. The first-order valence-electron chi connectivity index (χ1n) is 9.37. The number of aromatic nitrogens is 2. The first kappa shape index (κ1) is 18.5. The van der Waals surface area contributed by atoms with Crippen molar-refractivity contribution in [2.75, 3.05) is 13.7 Å². The SMILES string of the molecule is COc1cc2nn([C@@H]3C[C@@H]4C[C@H]3CN4C(=O)OC(C)(C)C)cc2cc1[N+](=O)[O-]. The third-order valence-corrected chi connectivity index (χ3v) is 5.49. The number of methoxy groups -OCH3 is 1. The second-order valence-corrected chi connectivity index (χ2v) is 8.53. The molecular formula is C19H24N4O5. The van der Waals surface area contributed by atoms with E-state index in [1.165, 1.54) is 13.2 Å². The number of fused-ring (bicyclic) bond motifs is 3. The molecule has 2 bridgehead atoms. The van der Waals surface area contributed by atoms with Gasteiger partial charge in [-0.25, -0.2) is 4.79 Å². The van der Waals surface area contributed by atoms with Crippen LogP contribution in [0.15, 0.2) is 18.3 Å². The summed E-state index contributed by atoms with van der Waals surface area (Å²) in [6.07, 6.45) is 3.32. The lowest BCUT2D eigenvalue weighted by Gasteiger charge is -2.33. The van der Waals surface area contributed by atoms with E-state index in [4.69, 9.17) is 9.47 Å². The van der Waals surface area contributed by atoms with Crippen LogP contribution in [0.2, 0.25) is 0 Å². The molecule has 1 amide bonds. The number of carbonyl (C=O) groups excluding carboxylic acids is 1. The average molecular weight is 388 g/mol. The van der Waals surface area contributed by atoms with E-state index in [-0.39, 0.29) is 29.6 Å². The molecule has 1 aromatic heterocycles. The molecule has 2 aromatic rings. The molecule has 150 valence electrons. The molecule has 3 atom stereocenters. The summed E-state index contributed by atoms with van der Waals surface area (Å²) in [4.78, 5) is 25.0. The fourth-order valence-electron chi connectivity index (χ4n) is 4.33. The Morgan fingerprint density at radius 3 is 2.64 bits per heavy atom. The molecule has 9 nitrogen and oxygen atoms in total. The molecule has 4 rings (SSSR count). The third-order valence-electron chi connectivity index (χ3n) is 5.49. The number of nitro groups is 1. The molecule has 1 aromatic carbocycles. The van der Waals surface area contributed by atoms with Crippen LogP contribution in [-0.2, 0) is 4.74 Å². The predicted octanol–water partition coefficient (Wildman–Crippen LogP) is 3.52. The predicted molar refractivity (Wildman–Crippen MR) is 101 cm³/mol. The van der Waals surface area contributed by atoms with Crippen molar-refractivity contribution in [2.45, 2.75) is 51.3 Å². The van der Waals surface area contributed by atoms with Gasteiger partial charge in [-0.15, -0.1) is 0 Å². The van der Waals surface area contributed by atoms with Crippen molar-refractivity contribution in [1.29, 1.82) is 0 Å². The maximum atomic E-state index is 12.4. The fraction of sp³-hybridized carbons (Fsp3) is 0.579. The Kier molecular flexibility index (Phi) is 4.20. The Hall–Kier alpha value is -2.84. The standard InChI is InChI=1S/C19H24N4O5/c1-19(2,3)28-18(24)21-9-12-5-13(21)7-15(12)22-10-11-6-16(23(25)26)17(27-4)8-14(11)20-22/h6,8,10,12-13,15H,5,7,9H2,1-4H3/t12-,13-,15+/m0/s1. The van der Waals surface area contributed by atoms with Gasteiger partial charge in [-0.2, -0.15) is 5.10 Å². The van der Waals surface area contributed by atoms with Crippen LogP contribution in [0.25, 0.3) is 10.9 Å². The minimum Gasteiger partial charge on any atom is -0.490 e. The van der Waals surface area contributed by atoms with Gasteiger partial charge in [-0.3, -0.25) is 14.8 Å². The van der Waals surface area contributed by atoms with Gasteiger partial charge in [0.2, 0.25) is 0 Å². The maximum absolute atomic E-state index is 12.4. The van der Waals surface area contributed by atoms with Crippen LogP contribution >= 0.6 is 0 Å². The molecule has 2 heterocycles. The smallest absolute Gasteiger partial charge is 0.410 e. The van der Waals surface area contributed by atoms with Crippen LogP contribution in [0.3, 0.4) is 0 Å². The summed E-state index contributed by atoms with van der Waals surface area (Å²) in [7, 11) is 1.41. The molecule has 1 saturated heterocycles. The van der Waals surface area contributed by atoms with Crippen molar-refractivity contribution in [3.8, 4) is 5.75 Å². The molecule has 1 saturated carbocycles. The van der Waals surface area contributed by atoms with Gasteiger partial charge in [0, 0.05) is 42.2 Å². The van der Waals surface area contributed by atoms with Crippen LogP contribution in [-0.4, -0.2) is 51.0 Å². The number of hydrogen-bond acceptors (Lipinski definition) is 6. The molecule has 9 heteroatoms. The van der Waals surface area contributed by atoms with Crippen LogP contribution in [0.1, 0.15) is 39.7 Å². The Morgan fingerprint density at radius 1 is 1.32 bits per heavy atom. The van der Waals surface area contributed by atoms with E-state index in [0.717, 1.165) is 12.8 Å². The summed E-state index contributed by atoms with van der Waals surface area (Å²) in [5.74, 6) is 0.496. The highest BCUT2D eigenvalue weighted by molar-refractivity contribution is 5.83. The van der Waals surface area contributed by atoms with Crippen molar-refractivity contribution in [2.24, 2.45) is 5.92 Å². The molecule has 2 fully saturated rings. The molecule has 28 heavy (non-hydrogen) atoms. The van der Waals surface area contributed by atoms with Gasteiger partial charge in [-0.1, -0.05) is 0 Å². The highest BCUT2D eigenvalue weighted by Crippen LogP contribution is 2.45. The van der Waals surface area contributed by atoms with Gasteiger partial charge in [-0.05, 0) is 33.6 Å². The summed E-state index contributed by atoms with van der Waals surface area (Å²) in [5, 5.41) is 16.6. The van der Waals surface area contributed by atoms with E-state index >= 15 is 0 Å². The Morgan fingerprint density at radius 2 is 2.07 bits per heavy atom. The Bertz CT molecular complexity index is 948. The normalized spacial score (nSPS) is 24.0. The lowest BCUT2D eigenvalue weighted by atomic mass is 10.0. The number of ether oxygens (including phenoxy) is 2. The topological polar surface area (TPSA) is 99.7 Å². The summed E-state index contributed by atoms with van der Waals surface area (Å²) < 4.78 is 12.5. The Balaban J connectivity index is 1.55. The number of nitro benzene ring substituents is 1. The van der Waals surface area contributed by atoms with Gasteiger partial charge in [0.15, 0.2) is 5.75 Å². The van der Waals surface area contributed by atoms with Crippen molar-refractivity contribution in [3.05, 3.63) is 28.4 Å².